The molecule has 2 aliphatic rings. The van der Waals surface area contributed by atoms with E-state index in [0.717, 1.165) is 17.1 Å². The third-order valence-corrected chi connectivity index (χ3v) is 19.0. The smallest absolute Gasteiger partial charge is 0.180 e. The van der Waals surface area contributed by atoms with Crippen molar-refractivity contribution in [1.29, 1.82) is 0 Å². The maximum Gasteiger partial charge on any atom is 0.180 e. The van der Waals surface area contributed by atoms with Crippen LogP contribution in [0.1, 0.15) is 25.0 Å². The monoisotopic (exact) mass is 845 g/mol. The highest BCUT2D eigenvalue weighted by Crippen LogP contribution is 2.51. The summed E-state index contributed by atoms with van der Waals surface area (Å²) in [5, 5.41) is 5.72. The third-order valence-electron chi connectivity index (χ3n) is 14.2. The molecule has 0 aromatic heterocycles. The molecular weight excluding hydrogens is 799 g/mol. The van der Waals surface area contributed by atoms with E-state index in [2.05, 4.69) is 267 Å². The number of fused-ring (bicyclic) bond motifs is 6. The van der Waals surface area contributed by atoms with Gasteiger partial charge >= 0.3 is 0 Å². The van der Waals surface area contributed by atoms with Gasteiger partial charge in [-0.05, 0) is 118 Å². The molecule has 308 valence electrons. The van der Waals surface area contributed by atoms with Crippen LogP contribution in [-0.4, -0.2) is 8.07 Å². The molecule has 10 aromatic carbocycles. The molecule has 0 unspecified atom stereocenters. The molecule has 10 aromatic rings. The molecule has 1 aliphatic heterocycles. The van der Waals surface area contributed by atoms with E-state index in [4.69, 9.17) is 0 Å². The van der Waals surface area contributed by atoms with Crippen LogP contribution in [0.5, 0.6) is 0 Å². The zero-order valence-corrected chi connectivity index (χ0v) is 37.6. The Labute approximate surface area is 383 Å². The molecule has 0 amide bonds. The van der Waals surface area contributed by atoms with Crippen molar-refractivity contribution in [1.82, 2.24) is 0 Å². The lowest BCUT2D eigenvalue weighted by Crippen LogP contribution is -2.72. The van der Waals surface area contributed by atoms with Crippen molar-refractivity contribution in [3.05, 3.63) is 260 Å². The normalized spacial score (nSPS) is 13.6. The maximum atomic E-state index is 2.50. The van der Waals surface area contributed by atoms with Crippen molar-refractivity contribution in [3.63, 3.8) is 0 Å². The molecule has 0 N–H and O–H groups in total. The van der Waals surface area contributed by atoms with E-state index in [1.807, 2.05) is 0 Å². The Balaban J connectivity index is 1.05. The third kappa shape index (κ3) is 6.20. The first-order valence-corrected chi connectivity index (χ1v) is 24.8. The minimum absolute atomic E-state index is 0.136. The fourth-order valence-corrected chi connectivity index (χ4v) is 16.3. The summed E-state index contributed by atoms with van der Waals surface area (Å²) in [7, 11) is -2.67. The molecule has 1 nitrogen and oxygen atoms in total. The molecule has 0 saturated heterocycles. The molecule has 0 saturated carbocycles. The minimum Gasteiger partial charge on any atom is -0.310 e. The van der Waals surface area contributed by atoms with Gasteiger partial charge < -0.3 is 4.90 Å². The van der Waals surface area contributed by atoms with Gasteiger partial charge in [-0.15, -0.1) is 0 Å². The highest BCUT2D eigenvalue weighted by atomic mass is 28.3. The van der Waals surface area contributed by atoms with Crippen LogP contribution in [0.4, 0.5) is 17.1 Å². The molecule has 0 atom stereocenters. The molecule has 2 heteroatoms. The second kappa shape index (κ2) is 15.5. The number of rotatable bonds is 8. The van der Waals surface area contributed by atoms with E-state index >= 15 is 0 Å². The van der Waals surface area contributed by atoms with Crippen molar-refractivity contribution >= 4 is 45.9 Å². The Morgan fingerprint density at radius 1 is 0.308 bits per heavy atom. The first-order valence-electron chi connectivity index (χ1n) is 22.8. The standard InChI is InChI=1S/C63H47NSi/c1-63(2)58-30-15-12-27-53(58)54-39-38-50(43-59(54)63)64(49-36-33-45(34-37-49)44-19-6-3-7-20-44)60-40-35-48(42-57(60)46-21-8-4-9-22-46)47-23-18-26-52(41-47)65(51-24-10-5-11-25-51)61-31-16-13-28-55(61)56-29-14-17-32-62(56)65/h3-43H,1-2H3. The van der Waals surface area contributed by atoms with Crippen LogP contribution >= 0.6 is 0 Å². The van der Waals surface area contributed by atoms with Crippen molar-refractivity contribution in [2.45, 2.75) is 19.3 Å². The molecule has 0 spiro atoms. The highest BCUT2D eigenvalue weighted by Gasteiger charge is 2.48. The average Bonchev–Trinajstić information content (AvgIpc) is 3.80. The predicted octanol–water partition coefficient (Wildman–Crippen LogP) is 13.8. The SMILES string of the molecule is CC1(C)c2ccccc2-c2ccc(N(c3ccc(-c4ccccc4)cc3)c3ccc(-c4cccc([Si]5(c6ccccc6)c6ccccc6-c6ccccc65)c4)cc3-c3ccccc3)cc21. The van der Waals surface area contributed by atoms with Crippen molar-refractivity contribution in [2.75, 3.05) is 4.90 Å². The fourth-order valence-electron chi connectivity index (χ4n) is 11.1. The first kappa shape index (κ1) is 38.9. The molecule has 0 radical (unpaired) electrons. The Kier molecular flexibility index (Phi) is 9.26. The van der Waals surface area contributed by atoms with Crippen LogP contribution < -0.4 is 25.6 Å². The van der Waals surface area contributed by atoms with Gasteiger partial charge in [-0.3, -0.25) is 0 Å². The van der Waals surface area contributed by atoms with Crippen LogP contribution in [0.3, 0.4) is 0 Å². The summed E-state index contributed by atoms with van der Waals surface area (Å²) in [4.78, 5) is 2.47. The van der Waals surface area contributed by atoms with Gasteiger partial charge in [0, 0.05) is 22.4 Å². The fraction of sp³-hybridized carbons (Fsp3) is 0.0476. The Morgan fingerprint density at radius 3 is 1.49 bits per heavy atom. The van der Waals surface area contributed by atoms with Crippen LogP contribution in [-0.2, 0) is 5.41 Å². The van der Waals surface area contributed by atoms with Crippen molar-refractivity contribution < 1.29 is 0 Å². The summed E-state index contributed by atoms with van der Waals surface area (Å²) >= 11 is 0. The Bertz CT molecular complexity index is 3340. The summed E-state index contributed by atoms with van der Waals surface area (Å²) in [6.07, 6.45) is 0. The molecule has 0 fully saturated rings. The van der Waals surface area contributed by atoms with E-state index in [9.17, 15) is 0 Å². The lowest BCUT2D eigenvalue weighted by atomic mass is 9.82. The highest BCUT2D eigenvalue weighted by molar-refractivity contribution is 7.22. The van der Waals surface area contributed by atoms with Crippen LogP contribution in [0.15, 0.2) is 249 Å². The number of nitrogens with zero attached hydrogens (tertiary/aromatic N) is 1. The van der Waals surface area contributed by atoms with Gasteiger partial charge in [-0.1, -0.05) is 226 Å². The average molecular weight is 846 g/mol. The number of benzene rings is 10. The number of hydrogen-bond acceptors (Lipinski definition) is 1. The Hall–Kier alpha value is -7.78. The zero-order valence-electron chi connectivity index (χ0n) is 36.6. The summed E-state index contributed by atoms with van der Waals surface area (Å²) in [6.45, 7) is 4.73. The zero-order chi connectivity index (χ0) is 43.5. The lowest BCUT2D eigenvalue weighted by molar-refractivity contribution is 0.660. The summed E-state index contributed by atoms with van der Waals surface area (Å²) in [5.74, 6) is 0. The van der Waals surface area contributed by atoms with Gasteiger partial charge in [-0.25, -0.2) is 0 Å². The van der Waals surface area contributed by atoms with E-state index in [1.54, 1.807) is 0 Å². The molecule has 0 bridgehead atoms. The van der Waals surface area contributed by atoms with Gasteiger partial charge in [0.25, 0.3) is 0 Å². The summed E-state index contributed by atoms with van der Waals surface area (Å²) in [5.41, 5.74) is 18.5. The van der Waals surface area contributed by atoms with Gasteiger partial charge in [-0.2, -0.15) is 0 Å². The Morgan fingerprint density at radius 2 is 0.800 bits per heavy atom. The van der Waals surface area contributed by atoms with Crippen LogP contribution in [0, 0.1) is 0 Å². The topological polar surface area (TPSA) is 3.24 Å². The molecule has 1 aliphatic carbocycles. The number of hydrogen-bond donors (Lipinski definition) is 0. The van der Waals surface area contributed by atoms with Gasteiger partial charge in [0.2, 0.25) is 0 Å². The van der Waals surface area contributed by atoms with Crippen LogP contribution in [0.25, 0.3) is 55.6 Å². The van der Waals surface area contributed by atoms with E-state index in [1.165, 1.54) is 87.5 Å². The van der Waals surface area contributed by atoms with E-state index < -0.39 is 8.07 Å². The predicted molar refractivity (Wildman–Crippen MR) is 278 cm³/mol. The molecule has 65 heavy (non-hydrogen) atoms. The largest absolute Gasteiger partial charge is 0.310 e. The van der Waals surface area contributed by atoms with E-state index in [-0.39, 0.29) is 5.41 Å². The minimum atomic E-state index is -2.67. The second-order valence-corrected chi connectivity index (χ2v) is 21.8. The number of anilines is 3. The molecular formula is C63H47NSi. The summed E-state index contributed by atoms with van der Waals surface area (Å²) < 4.78 is 0. The summed E-state index contributed by atoms with van der Waals surface area (Å²) in [6, 6.07) is 92.9. The van der Waals surface area contributed by atoms with Crippen LogP contribution in [0.2, 0.25) is 0 Å². The molecule has 12 rings (SSSR count). The van der Waals surface area contributed by atoms with E-state index in [0.29, 0.717) is 0 Å². The second-order valence-electron chi connectivity index (χ2n) is 18.0. The van der Waals surface area contributed by atoms with Crippen molar-refractivity contribution in [2.24, 2.45) is 0 Å². The first-order chi connectivity index (χ1) is 32.0. The van der Waals surface area contributed by atoms with Gasteiger partial charge in [0.15, 0.2) is 8.07 Å². The van der Waals surface area contributed by atoms with Gasteiger partial charge in [0.1, 0.15) is 0 Å². The quantitative estimate of drug-likeness (QED) is 0.138. The molecule has 1 heterocycles. The van der Waals surface area contributed by atoms with Gasteiger partial charge in [0.05, 0.1) is 5.69 Å². The van der Waals surface area contributed by atoms with Crippen molar-refractivity contribution in [3.8, 4) is 55.6 Å². The lowest BCUT2D eigenvalue weighted by Gasteiger charge is -2.32. The maximum absolute atomic E-state index is 2.67.